The van der Waals surface area contributed by atoms with Gasteiger partial charge in [-0.15, -0.1) is 11.1 Å². The maximum atomic E-state index is 13.6. The van der Waals surface area contributed by atoms with Gasteiger partial charge in [0, 0.05) is 61.1 Å². The molecule has 1 radical (unpaired) electrons. The van der Waals surface area contributed by atoms with Crippen LogP contribution in [-0.4, -0.2) is 36.1 Å². The van der Waals surface area contributed by atoms with E-state index in [1.54, 1.807) is 13.0 Å². The number of rotatable bonds is 4. The van der Waals surface area contributed by atoms with Crippen molar-refractivity contribution in [2.45, 2.75) is 57.7 Å². The average molecular weight is 799 g/mol. The Morgan fingerprint density at radius 3 is 2.26 bits per heavy atom. The van der Waals surface area contributed by atoms with Gasteiger partial charge in [0.05, 0.1) is 11.3 Å². The number of benzene rings is 1. The van der Waals surface area contributed by atoms with Crippen molar-refractivity contribution in [1.82, 2.24) is 25.1 Å². The molecule has 1 aromatic carbocycles. The van der Waals surface area contributed by atoms with Crippen molar-refractivity contribution in [1.29, 1.82) is 0 Å². The third-order valence-electron chi connectivity index (χ3n) is 5.60. The van der Waals surface area contributed by atoms with E-state index in [-0.39, 0.29) is 73.4 Å². The van der Waals surface area contributed by atoms with Crippen LogP contribution in [0.4, 0.5) is 24.9 Å². The molecule has 1 aliphatic rings. The van der Waals surface area contributed by atoms with Crippen molar-refractivity contribution >= 4 is 34.4 Å². The second kappa shape index (κ2) is 12.9. The molecule has 1 aliphatic carbocycles. The molecule has 1 fully saturated rings. The van der Waals surface area contributed by atoms with Gasteiger partial charge >= 0.3 is 6.18 Å². The Morgan fingerprint density at radius 1 is 1.03 bits per heavy atom. The SMILES string of the molecule is CI.Cc1nc(Nc2nc(-c3ccccc3C(F)(F)F)nc(C3CCC([NH-])CC3)c2C)n[nH]1.[Ac]. The number of aryl methyl sites for hydroxylation is 1. The number of nitrogens with zero attached hydrogens (tertiary/aromatic N) is 4. The van der Waals surface area contributed by atoms with Gasteiger partial charge in [0.25, 0.3) is 0 Å². The van der Waals surface area contributed by atoms with Gasteiger partial charge in [0.2, 0.25) is 5.95 Å². The first-order valence-electron chi connectivity index (χ1n) is 10.5. The van der Waals surface area contributed by atoms with E-state index in [9.17, 15) is 13.2 Å². The van der Waals surface area contributed by atoms with Crippen LogP contribution in [0.15, 0.2) is 24.3 Å². The minimum absolute atomic E-state index is 0. The van der Waals surface area contributed by atoms with E-state index in [1.807, 2.05) is 11.9 Å². The Bertz CT molecular complexity index is 1080. The Kier molecular flexibility index (Phi) is 11.2. The zero-order chi connectivity index (χ0) is 24.2. The summed E-state index contributed by atoms with van der Waals surface area (Å²) < 4.78 is 40.9. The van der Waals surface area contributed by atoms with E-state index < -0.39 is 11.7 Å². The van der Waals surface area contributed by atoms with Crippen molar-refractivity contribution < 1.29 is 57.2 Å². The number of anilines is 2. The summed E-state index contributed by atoms with van der Waals surface area (Å²) in [5, 5.41) is 9.81. The summed E-state index contributed by atoms with van der Waals surface area (Å²) in [6, 6.07) is 5.22. The first-order valence-corrected chi connectivity index (χ1v) is 12.7. The van der Waals surface area contributed by atoms with E-state index >= 15 is 0 Å². The first kappa shape index (κ1) is 29.4. The van der Waals surface area contributed by atoms with Crippen LogP contribution < -0.4 is 5.32 Å². The Labute approximate surface area is 246 Å². The van der Waals surface area contributed by atoms with Gasteiger partial charge in [-0.05, 0) is 37.7 Å². The second-order valence-electron chi connectivity index (χ2n) is 7.87. The molecule has 12 heteroatoms. The summed E-state index contributed by atoms with van der Waals surface area (Å²) in [5.74, 6) is 1.34. The molecule has 3 aromatic rings. The topological polar surface area (TPSA) is 103 Å². The molecular formula is C22H26AcF3IN7-. The molecular weight excluding hydrogens is 773 g/mol. The van der Waals surface area contributed by atoms with Gasteiger partial charge in [-0.1, -0.05) is 53.6 Å². The molecule has 2 aromatic heterocycles. The fourth-order valence-corrected chi connectivity index (χ4v) is 3.97. The van der Waals surface area contributed by atoms with Crippen molar-refractivity contribution in [2.75, 3.05) is 10.2 Å². The van der Waals surface area contributed by atoms with Crippen LogP contribution >= 0.6 is 22.6 Å². The number of aromatic nitrogens is 5. The number of halogens is 4. The van der Waals surface area contributed by atoms with Crippen molar-refractivity contribution in [2.24, 2.45) is 0 Å². The molecule has 0 unspecified atom stereocenters. The fourth-order valence-electron chi connectivity index (χ4n) is 3.97. The molecule has 0 bridgehead atoms. The monoisotopic (exact) mass is 799 g/mol. The minimum atomic E-state index is -4.53. The van der Waals surface area contributed by atoms with Gasteiger partial charge in [-0.3, -0.25) is 5.10 Å². The molecule has 3 N–H and O–H groups in total. The normalized spacial score (nSPS) is 17.9. The predicted octanol–water partition coefficient (Wildman–Crippen LogP) is 6.77. The third-order valence-corrected chi connectivity index (χ3v) is 5.60. The van der Waals surface area contributed by atoms with E-state index in [4.69, 9.17) is 5.73 Å². The molecule has 0 amide bonds. The second-order valence-corrected chi connectivity index (χ2v) is 7.87. The van der Waals surface area contributed by atoms with Crippen LogP contribution in [0.2, 0.25) is 0 Å². The van der Waals surface area contributed by atoms with Crippen molar-refractivity contribution in [3.05, 3.63) is 52.6 Å². The molecule has 181 valence electrons. The standard InChI is InChI=1S/C21H23F3N7.CH3I.Ac/c1-11-17(13-7-9-14(25)10-8-13)27-19(15-5-3-4-6-16(15)21(22,23)24)28-18(11)29-20-26-12(2)30-31-20;1-2;/h3-6,13-14,25H,7-10H2,1-2H3,(H2,26,27,28,29,30,31);1H3;/q-1;;. The van der Waals surface area contributed by atoms with Gasteiger partial charge in [-0.25, -0.2) is 9.97 Å². The van der Waals surface area contributed by atoms with Gasteiger partial charge in [-0.2, -0.15) is 18.2 Å². The summed E-state index contributed by atoms with van der Waals surface area (Å²) in [4.78, 5) is 15.2. The number of hydrogen-bond donors (Lipinski definition) is 2. The number of alkyl halides is 4. The van der Waals surface area contributed by atoms with E-state index in [2.05, 4.69) is 53.1 Å². The third kappa shape index (κ3) is 7.11. The van der Waals surface area contributed by atoms with Crippen molar-refractivity contribution in [3.8, 4) is 11.4 Å². The molecule has 0 spiro atoms. The average Bonchev–Trinajstić information content (AvgIpc) is 3.21. The number of nitrogens with one attached hydrogen (secondary N) is 3. The summed E-state index contributed by atoms with van der Waals surface area (Å²) in [5.41, 5.74) is 8.57. The largest absolute Gasteiger partial charge is 0.675 e. The molecule has 34 heavy (non-hydrogen) atoms. The molecule has 7 nitrogen and oxygen atoms in total. The predicted molar refractivity (Wildman–Crippen MR) is 131 cm³/mol. The van der Waals surface area contributed by atoms with E-state index in [1.165, 1.54) is 12.1 Å². The first-order chi connectivity index (χ1) is 15.7. The van der Waals surface area contributed by atoms with Crippen LogP contribution in [0.3, 0.4) is 0 Å². The quantitative estimate of drug-likeness (QED) is 0.224. The molecule has 2 heterocycles. The Hall–Kier alpha value is -0.838. The van der Waals surface area contributed by atoms with Gasteiger partial charge in [0.15, 0.2) is 5.82 Å². The number of hydrogen-bond acceptors (Lipinski definition) is 5. The summed E-state index contributed by atoms with van der Waals surface area (Å²) >= 11 is 2.15. The Morgan fingerprint density at radius 2 is 1.68 bits per heavy atom. The molecule has 0 saturated heterocycles. The van der Waals surface area contributed by atoms with E-state index in [0.717, 1.165) is 37.3 Å². The minimum Gasteiger partial charge on any atom is -0.675 e. The number of aromatic amines is 1. The summed E-state index contributed by atoms with van der Waals surface area (Å²) in [6.07, 6.45) is -1.50. The van der Waals surface area contributed by atoms with Crippen LogP contribution in [0, 0.1) is 57.9 Å². The van der Waals surface area contributed by atoms with Gasteiger partial charge < -0.3 is 11.1 Å². The fraction of sp³-hybridized carbons (Fsp3) is 0.455. The van der Waals surface area contributed by atoms with E-state index in [0.29, 0.717) is 17.3 Å². The van der Waals surface area contributed by atoms with Crippen LogP contribution in [0.25, 0.3) is 17.1 Å². The zero-order valence-corrected chi connectivity index (χ0v) is 26.1. The summed E-state index contributed by atoms with van der Waals surface area (Å²) in [7, 11) is 0. The maximum Gasteiger partial charge on any atom is 0.417 e. The van der Waals surface area contributed by atoms with Crippen LogP contribution in [0.5, 0.6) is 0 Å². The molecule has 0 atom stereocenters. The Balaban J connectivity index is 0.00000133. The molecule has 1 saturated carbocycles. The molecule has 4 rings (SSSR count). The summed E-state index contributed by atoms with van der Waals surface area (Å²) in [6.45, 7) is 3.60. The van der Waals surface area contributed by atoms with Gasteiger partial charge in [0.1, 0.15) is 11.6 Å². The number of H-pyrrole nitrogens is 1. The maximum absolute atomic E-state index is 13.6. The van der Waals surface area contributed by atoms with Crippen LogP contribution in [0.1, 0.15) is 54.2 Å². The van der Waals surface area contributed by atoms with Crippen LogP contribution in [-0.2, 0) is 6.18 Å². The van der Waals surface area contributed by atoms with Crippen molar-refractivity contribution in [3.63, 3.8) is 0 Å². The zero-order valence-electron chi connectivity index (χ0n) is 19.2. The molecule has 0 aliphatic heterocycles. The smallest absolute Gasteiger partial charge is 0.417 e.